The first-order valence-electron chi connectivity index (χ1n) is 8.94. The van der Waals surface area contributed by atoms with Gasteiger partial charge >= 0.3 is 0 Å². The van der Waals surface area contributed by atoms with Crippen LogP contribution in [0.1, 0.15) is 28.8 Å². The van der Waals surface area contributed by atoms with Crippen LogP contribution in [-0.4, -0.2) is 32.8 Å². The van der Waals surface area contributed by atoms with Crippen molar-refractivity contribution < 1.29 is 9.13 Å². The van der Waals surface area contributed by atoms with Crippen molar-refractivity contribution in [2.24, 2.45) is 4.99 Å². The minimum absolute atomic E-state index is 0. The summed E-state index contributed by atoms with van der Waals surface area (Å²) in [5, 5.41) is 8.96. The predicted octanol–water partition coefficient (Wildman–Crippen LogP) is 4.23. The number of nitrogens with one attached hydrogen (secondary N) is 2. The highest BCUT2D eigenvalue weighted by Gasteiger charge is 2.34. The second kappa shape index (κ2) is 10.4. The van der Waals surface area contributed by atoms with Crippen LogP contribution in [0.15, 0.2) is 40.7 Å². The molecule has 1 aliphatic heterocycles. The molecule has 2 aromatic rings. The van der Waals surface area contributed by atoms with Gasteiger partial charge in [0, 0.05) is 37.1 Å². The summed E-state index contributed by atoms with van der Waals surface area (Å²) in [5.74, 6) is 0.582. The van der Waals surface area contributed by atoms with Crippen molar-refractivity contribution in [1.29, 1.82) is 0 Å². The summed E-state index contributed by atoms with van der Waals surface area (Å²) in [6.07, 6.45) is 1.82. The highest BCUT2D eigenvalue weighted by Crippen LogP contribution is 2.34. The van der Waals surface area contributed by atoms with Gasteiger partial charge in [-0.15, -0.1) is 35.3 Å². The first kappa shape index (κ1) is 22.1. The summed E-state index contributed by atoms with van der Waals surface area (Å²) in [4.78, 5) is 5.66. The van der Waals surface area contributed by atoms with Crippen LogP contribution in [0.2, 0.25) is 0 Å². The van der Waals surface area contributed by atoms with Crippen molar-refractivity contribution in [2.75, 3.05) is 26.8 Å². The van der Waals surface area contributed by atoms with Crippen molar-refractivity contribution in [3.63, 3.8) is 0 Å². The number of aryl methyl sites for hydroxylation is 1. The molecule has 1 fully saturated rings. The van der Waals surface area contributed by atoms with Crippen molar-refractivity contribution in [3.05, 3.63) is 57.5 Å². The number of thiophene rings is 1. The van der Waals surface area contributed by atoms with Crippen LogP contribution < -0.4 is 10.6 Å². The topological polar surface area (TPSA) is 45.7 Å². The van der Waals surface area contributed by atoms with Crippen LogP contribution in [0.5, 0.6) is 0 Å². The average Bonchev–Trinajstić information content (AvgIpc) is 3.08. The number of aliphatic imine (C=N–C) groups is 1. The molecule has 27 heavy (non-hydrogen) atoms. The van der Waals surface area contributed by atoms with E-state index in [9.17, 15) is 4.39 Å². The first-order chi connectivity index (χ1) is 12.6. The molecule has 0 amide bonds. The quantitative estimate of drug-likeness (QED) is 0.365. The third-order valence-corrected chi connectivity index (χ3v) is 6.13. The summed E-state index contributed by atoms with van der Waals surface area (Å²) in [6.45, 7) is 5.06. The zero-order valence-electron chi connectivity index (χ0n) is 15.8. The average molecular weight is 503 g/mol. The van der Waals surface area contributed by atoms with E-state index in [0.29, 0.717) is 0 Å². The second-order valence-corrected chi connectivity index (χ2v) is 7.71. The van der Waals surface area contributed by atoms with Gasteiger partial charge in [0.05, 0.1) is 6.54 Å². The van der Waals surface area contributed by atoms with Crippen LogP contribution in [0.4, 0.5) is 4.39 Å². The third-order valence-electron chi connectivity index (χ3n) is 5.11. The predicted molar refractivity (Wildman–Crippen MR) is 121 cm³/mol. The fourth-order valence-corrected chi connectivity index (χ4v) is 4.20. The van der Waals surface area contributed by atoms with Crippen LogP contribution in [0.3, 0.4) is 0 Å². The van der Waals surface area contributed by atoms with E-state index in [0.717, 1.165) is 50.7 Å². The molecule has 0 aliphatic carbocycles. The Hall–Kier alpha value is -1.19. The summed E-state index contributed by atoms with van der Waals surface area (Å²) < 4.78 is 18.9. The maximum Gasteiger partial charge on any atom is 0.191 e. The second-order valence-electron chi connectivity index (χ2n) is 6.71. The van der Waals surface area contributed by atoms with E-state index in [1.165, 1.54) is 10.4 Å². The minimum atomic E-state index is -0.201. The van der Waals surface area contributed by atoms with Gasteiger partial charge in [0.15, 0.2) is 5.96 Å². The SMILES string of the molecule is CN=C(NCc1sccc1C)NCC1(c2ccc(F)cc2)CCOCC1.I. The van der Waals surface area contributed by atoms with Gasteiger partial charge in [-0.05, 0) is 54.5 Å². The van der Waals surface area contributed by atoms with Crippen LogP contribution in [0, 0.1) is 12.7 Å². The van der Waals surface area contributed by atoms with E-state index < -0.39 is 0 Å². The minimum Gasteiger partial charge on any atom is -0.381 e. The number of rotatable bonds is 5. The largest absolute Gasteiger partial charge is 0.381 e. The van der Waals surface area contributed by atoms with E-state index in [-0.39, 0.29) is 35.2 Å². The molecule has 1 aromatic carbocycles. The zero-order chi connectivity index (χ0) is 18.4. The molecule has 3 rings (SSSR count). The maximum absolute atomic E-state index is 13.3. The van der Waals surface area contributed by atoms with E-state index in [2.05, 4.69) is 34.0 Å². The van der Waals surface area contributed by atoms with Gasteiger partial charge in [-0.2, -0.15) is 0 Å². The smallest absolute Gasteiger partial charge is 0.191 e. The Balaban J connectivity index is 0.00000261. The molecule has 1 aromatic heterocycles. The molecule has 0 radical (unpaired) electrons. The molecule has 1 saturated heterocycles. The van der Waals surface area contributed by atoms with Crippen molar-refractivity contribution in [3.8, 4) is 0 Å². The summed E-state index contributed by atoms with van der Waals surface area (Å²) in [6, 6.07) is 9.00. The molecule has 148 valence electrons. The van der Waals surface area contributed by atoms with Gasteiger partial charge in [-0.3, -0.25) is 4.99 Å². The number of guanidine groups is 1. The third kappa shape index (κ3) is 5.65. The normalized spacial score (nSPS) is 16.5. The molecule has 0 bridgehead atoms. The first-order valence-corrected chi connectivity index (χ1v) is 9.82. The van der Waals surface area contributed by atoms with Crippen molar-refractivity contribution in [1.82, 2.24) is 10.6 Å². The van der Waals surface area contributed by atoms with E-state index >= 15 is 0 Å². The molecule has 4 nitrogen and oxygen atoms in total. The fourth-order valence-electron chi connectivity index (χ4n) is 3.36. The lowest BCUT2D eigenvalue weighted by Gasteiger charge is -2.38. The van der Waals surface area contributed by atoms with Gasteiger partial charge in [-0.1, -0.05) is 12.1 Å². The lowest BCUT2D eigenvalue weighted by molar-refractivity contribution is 0.0513. The molecular weight excluding hydrogens is 476 g/mol. The molecular formula is C20H27FIN3OS. The number of hydrogen-bond donors (Lipinski definition) is 2. The number of hydrogen-bond acceptors (Lipinski definition) is 3. The van der Waals surface area contributed by atoms with Crippen molar-refractivity contribution >= 4 is 41.3 Å². The Morgan fingerprint density at radius 2 is 1.89 bits per heavy atom. The Labute approximate surface area is 181 Å². The Morgan fingerprint density at radius 1 is 1.19 bits per heavy atom. The highest BCUT2D eigenvalue weighted by molar-refractivity contribution is 14.0. The lowest BCUT2D eigenvalue weighted by Crippen LogP contribution is -2.47. The van der Waals surface area contributed by atoms with E-state index in [4.69, 9.17) is 4.74 Å². The molecule has 2 heterocycles. The lowest BCUT2D eigenvalue weighted by atomic mass is 9.74. The fraction of sp³-hybridized carbons (Fsp3) is 0.450. The van der Waals surface area contributed by atoms with Gasteiger partial charge in [-0.25, -0.2) is 4.39 Å². The standard InChI is InChI=1S/C20H26FN3OS.HI/c1-15-7-12-26-18(15)13-23-19(22-2)24-14-20(8-10-25-11-9-20)16-3-5-17(21)6-4-16;/h3-7,12H,8-11,13-14H2,1-2H3,(H2,22,23,24);1H. The van der Waals surface area contributed by atoms with E-state index in [1.807, 2.05) is 12.1 Å². The monoisotopic (exact) mass is 503 g/mol. The number of nitrogens with zero attached hydrogens (tertiary/aromatic N) is 1. The molecule has 0 saturated carbocycles. The molecule has 1 aliphatic rings. The summed E-state index contributed by atoms with van der Waals surface area (Å²) >= 11 is 1.75. The van der Waals surface area contributed by atoms with Gasteiger partial charge < -0.3 is 15.4 Å². The molecule has 7 heteroatoms. The van der Waals surface area contributed by atoms with Crippen LogP contribution in [-0.2, 0) is 16.7 Å². The molecule has 0 unspecified atom stereocenters. The van der Waals surface area contributed by atoms with Gasteiger partial charge in [0.1, 0.15) is 5.82 Å². The van der Waals surface area contributed by atoms with Gasteiger partial charge in [0.25, 0.3) is 0 Å². The molecule has 0 atom stereocenters. The number of ether oxygens (including phenoxy) is 1. The Bertz CT molecular complexity index is 742. The van der Waals surface area contributed by atoms with Gasteiger partial charge in [0.2, 0.25) is 0 Å². The number of benzene rings is 1. The Kier molecular flexibility index (Phi) is 8.50. The Morgan fingerprint density at radius 3 is 2.48 bits per heavy atom. The van der Waals surface area contributed by atoms with Crippen LogP contribution in [0.25, 0.3) is 0 Å². The van der Waals surface area contributed by atoms with Crippen LogP contribution >= 0.6 is 35.3 Å². The number of halogens is 2. The maximum atomic E-state index is 13.3. The van der Waals surface area contributed by atoms with Crippen molar-refractivity contribution in [2.45, 2.75) is 31.7 Å². The highest BCUT2D eigenvalue weighted by atomic mass is 127. The summed E-state index contributed by atoms with van der Waals surface area (Å²) in [7, 11) is 1.78. The summed E-state index contributed by atoms with van der Waals surface area (Å²) in [5.41, 5.74) is 2.38. The van der Waals surface area contributed by atoms with E-state index in [1.54, 1.807) is 30.5 Å². The zero-order valence-corrected chi connectivity index (χ0v) is 18.9. The molecule has 2 N–H and O–H groups in total. The molecule has 0 spiro atoms.